The van der Waals surface area contributed by atoms with Crippen molar-refractivity contribution >= 4 is 0 Å². The van der Waals surface area contributed by atoms with Crippen LogP contribution >= 0.6 is 0 Å². The third kappa shape index (κ3) is 2.93. The highest BCUT2D eigenvalue weighted by Crippen LogP contribution is 2.41. The number of benzene rings is 1. The van der Waals surface area contributed by atoms with Gasteiger partial charge in [0.05, 0.1) is 11.6 Å². The molecule has 0 amide bonds. The first kappa shape index (κ1) is 16.2. The molecule has 1 N–H and O–H groups in total. The van der Waals surface area contributed by atoms with Gasteiger partial charge in [0.25, 0.3) is 0 Å². The van der Waals surface area contributed by atoms with E-state index in [0.29, 0.717) is 6.04 Å². The maximum absolute atomic E-state index is 10.3. The van der Waals surface area contributed by atoms with E-state index in [-0.39, 0.29) is 11.6 Å². The molecular weight excluding hydrogens is 310 g/mol. The molecule has 25 heavy (non-hydrogen) atoms. The first-order chi connectivity index (χ1) is 12.2. The van der Waals surface area contributed by atoms with Gasteiger partial charge in [0.15, 0.2) is 0 Å². The van der Waals surface area contributed by atoms with E-state index in [0.717, 1.165) is 38.6 Å². The normalized spacial score (nSPS) is 33.6. The van der Waals surface area contributed by atoms with Crippen molar-refractivity contribution in [1.82, 2.24) is 14.7 Å². The van der Waals surface area contributed by atoms with Gasteiger partial charge in [0, 0.05) is 51.4 Å². The predicted molar refractivity (Wildman–Crippen MR) is 99.4 cm³/mol. The highest BCUT2D eigenvalue weighted by molar-refractivity contribution is 5.18. The summed E-state index contributed by atoms with van der Waals surface area (Å²) in [7, 11) is 0. The van der Waals surface area contributed by atoms with Gasteiger partial charge in [0.2, 0.25) is 0 Å². The molecule has 1 saturated carbocycles. The molecule has 1 aromatic rings. The minimum absolute atomic E-state index is 0.126. The fraction of sp³-hybridized carbons (Fsp3) is 0.714. The van der Waals surface area contributed by atoms with Crippen LogP contribution < -0.4 is 0 Å². The van der Waals surface area contributed by atoms with Crippen molar-refractivity contribution in [3.63, 3.8) is 0 Å². The van der Waals surface area contributed by atoms with Gasteiger partial charge in [-0.3, -0.25) is 14.7 Å². The lowest BCUT2D eigenvalue weighted by Crippen LogP contribution is -2.78. The van der Waals surface area contributed by atoms with Gasteiger partial charge in [-0.1, -0.05) is 43.2 Å². The molecule has 0 aromatic heterocycles. The summed E-state index contributed by atoms with van der Waals surface area (Å²) < 4.78 is 0. The SMILES string of the molecule is OC1CC2CN(Cc3ccccc3)CC3(CN(C4CCCC4)C3)N2C1. The Bertz CT molecular complexity index is 594. The second kappa shape index (κ2) is 6.34. The van der Waals surface area contributed by atoms with Crippen molar-refractivity contribution in [1.29, 1.82) is 0 Å². The van der Waals surface area contributed by atoms with Gasteiger partial charge in [-0.05, 0) is 24.8 Å². The third-order valence-corrected chi connectivity index (χ3v) is 7.07. The average molecular weight is 341 g/mol. The van der Waals surface area contributed by atoms with Gasteiger partial charge < -0.3 is 5.11 Å². The number of hydrogen-bond acceptors (Lipinski definition) is 4. The minimum atomic E-state index is -0.126. The van der Waals surface area contributed by atoms with E-state index >= 15 is 0 Å². The van der Waals surface area contributed by atoms with E-state index in [1.807, 2.05) is 0 Å². The number of fused-ring (bicyclic) bond motifs is 2. The zero-order valence-electron chi connectivity index (χ0n) is 15.2. The predicted octanol–water partition coefficient (Wildman–Crippen LogP) is 1.93. The lowest BCUT2D eigenvalue weighted by atomic mass is 9.82. The molecule has 0 radical (unpaired) electrons. The third-order valence-electron chi connectivity index (χ3n) is 7.07. The molecule has 2 atom stereocenters. The quantitative estimate of drug-likeness (QED) is 0.910. The van der Waals surface area contributed by atoms with Gasteiger partial charge in [0.1, 0.15) is 0 Å². The second-order valence-electron chi connectivity index (χ2n) is 8.92. The highest BCUT2D eigenvalue weighted by Gasteiger charge is 2.56. The van der Waals surface area contributed by atoms with E-state index in [4.69, 9.17) is 0 Å². The van der Waals surface area contributed by atoms with Crippen LogP contribution in [0.15, 0.2) is 30.3 Å². The molecule has 1 spiro atoms. The summed E-state index contributed by atoms with van der Waals surface area (Å²) in [5.74, 6) is 0. The van der Waals surface area contributed by atoms with Crippen LogP contribution in [-0.2, 0) is 6.54 Å². The van der Waals surface area contributed by atoms with Crippen LogP contribution in [0.5, 0.6) is 0 Å². The van der Waals surface area contributed by atoms with Gasteiger partial charge in [-0.25, -0.2) is 0 Å². The molecule has 2 unspecified atom stereocenters. The maximum atomic E-state index is 10.3. The Morgan fingerprint density at radius 1 is 0.960 bits per heavy atom. The van der Waals surface area contributed by atoms with Crippen molar-refractivity contribution in [2.45, 2.75) is 62.4 Å². The molecule has 1 aliphatic carbocycles. The number of likely N-dealkylation sites (tertiary alicyclic amines) is 1. The Morgan fingerprint density at radius 3 is 2.48 bits per heavy atom. The van der Waals surface area contributed by atoms with E-state index in [1.165, 1.54) is 44.3 Å². The number of piperazine rings is 1. The number of aliphatic hydroxyl groups is 1. The minimum Gasteiger partial charge on any atom is -0.392 e. The summed E-state index contributed by atoms with van der Waals surface area (Å²) in [4.78, 5) is 8.08. The van der Waals surface area contributed by atoms with E-state index in [1.54, 1.807) is 0 Å². The number of nitrogens with zero attached hydrogens (tertiary/aromatic N) is 3. The summed E-state index contributed by atoms with van der Waals surface area (Å²) in [5, 5.41) is 10.3. The molecule has 4 aliphatic rings. The van der Waals surface area contributed by atoms with Gasteiger partial charge in [-0.2, -0.15) is 0 Å². The molecule has 0 bridgehead atoms. The molecule has 4 fully saturated rings. The van der Waals surface area contributed by atoms with Crippen LogP contribution in [-0.4, -0.2) is 76.3 Å². The van der Waals surface area contributed by atoms with Crippen LogP contribution in [0.2, 0.25) is 0 Å². The molecule has 5 rings (SSSR count). The number of aliphatic hydroxyl groups excluding tert-OH is 1. The molecule has 136 valence electrons. The van der Waals surface area contributed by atoms with Crippen molar-refractivity contribution < 1.29 is 5.11 Å². The Labute approximate surface area is 151 Å². The Kier molecular flexibility index (Phi) is 4.12. The summed E-state index contributed by atoms with van der Waals surface area (Å²) in [6, 6.07) is 12.3. The molecule has 4 heteroatoms. The van der Waals surface area contributed by atoms with Crippen LogP contribution in [0.4, 0.5) is 0 Å². The van der Waals surface area contributed by atoms with Crippen LogP contribution in [0, 0.1) is 0 Å². The first-order valence-electron chi connectivity index (χ1n) is 10.2. The molecule has 3 saturated heterocycles. The molecule has 4 nitrogen and oxygen atoms in total. The Hall–Kier alpha value is -0.940. The van der Waals surface area contributed by atoms with Crippen molar-refractivity contribution in [3.8, 4) is 0 Å². The van der Waals surface area contributed by atoms with Crippen molar-refractivity contribution in [2.75, 3.05) is 32.7 Å². The molecule has 3 aliphatic heterocycles. The largest absolute Gasteiger partial charge is 0.392 e. The van der Waals surface area contributed by atoms with Crippen LogP contribution in [0.25, 0.3) is 0 Å². The van der Waals surface area contributed by atoms with Gasteiger partial charge in [-0.15, -0.1) is 0 Å². The summed E-state index contributed by atoms with van der Waals surface area (Å²) in [6.07, 6.45) is 6.46. The first-order valence-corrected chi connectivity index (χ1v) is 10.2. The molecule has 1 aromatic carbocycles. The van der Waals surface area contributed by atoms with Crippen LogP contribution in [0.3, 0.4) is 0 Å². The van der Waals surface area contributed by atoms with Gasteiger partial charge >= 0.3 is 0 Å². The van der Waals surface area contributed by atoms with E-state index < -0.39 is 0 Å². The molecule has 3 heterocycles. The monoisotopic (exact) mass is 341 g/mol. The smallest absolute Gasteiger partial charge is 0.0682 e. The summed E-state index contributed by atoms with van der Waals surface area (Å²) in [6.45, 7) is 6.64. The van der Waals surface area contributed by atoms with Crippen molar-refractivity contribution in [3.05, 3.63) is 35.9 Å². The summed E-state index contributed by atoms with van der Waals surface area (Å²) >= 11 is 0. The van der Waals surface area contributed by atoms with Crippen LogP contribution in [0.1, 0.15) is 37.7 Å². The fourth-order valence-electron chi connectivity index (χ4n) is 6.00. The zero-order valence-corrected chi connectivity index (χ0v) is 15.2. The molecular formula is C21H31N3O. The lowest BCUT2D eigenvalue weighted by molar-refractivity contribution is -0.127. The maximum Gasteiger partial charge on any atom is 0.0682 e. The Balaban J connectivity index is 1.32. The topological polar surface area (TPSA) is 30.0 Å². The number of rotatable bonds is 3. The lowest BCUT2D eigenvalue weighted by Gasteiger charge is -2.62. The summed E-state index contributed by atoms with van der Waals surface area (Å²) in [5.41, 5.74) is 1.70. The average Bonchev–Trinajstić information content (AvgIpc) is 3.21. The zero-order chi connectivity index (χ0) is 16.9. The fourth-order valence-corrected chi connectivity index (χ4v) is 6.00. The standard InChI is InChI=1S/C21H31N3O/c25-20-10-19-12-22(11-17-6-2-1-3-7-17)14-21(24(19)13-20)15-23(16-21)18-8-4-5-9-18/h1-3,6-7,18-20,25H,4-5,8-16H2. The van der Waals surface area contributed by atoms with Crippen molar-refractivity contribution in [2.24, 2.45) is 0 Å². The Morgan fingerprint density at radius 2 is 1.72 bits per heavy atom. The van der Waals surface area contributed by atoms with E-state index in [2.05, 4.69) is 45.0 Å². The second-order valence-corrected chi connectivity index (χ2v) is 8.92. The number of hydrogen-bond donors (Lipinski definition) is 1. The highest BCUT2D eigenvalue weighted by atomic mass is 16.3. The van der Waals surface area contributed by atoms with E-state index in [9.17, 15) is 5.11 Å². The number of β-amino-alcohol motifs (C(OH)–C–C–N with tert-alkyl or cyclic N) is 1.